The second-order valence-corrected chi connectivity index (χ2v) is 5.05. The molecule has 0 aromatic heterocycles. The van der Waals surface area contributed by atoms with E-state index in [9.17, 15) is 9.59 Å². The first-order valence-electron chi connectivity index (χ1n) is 6.44. The van der Waals surface area contributed by atoms with Crippen molar-refractivity contribution in [1.82, 2.24) is 15.5 Å². The van der Waals surface area contributed by atoms with Crippen molar-refractivity contribution in [1.29, 1.82) is 0 Å². The second kappa shape index (κ2) is 7.33. The first kappa shape index (κ1) is 14.9. The number of hydrogen-bond donors (Lipinski definition) is 3. The van der Waals surface area contributed by atoms with Gasteiger partial charge in [-0.05, 0) is 26.8 Å². The van der Waals surface area contributed by atoms with Gasteiger partial charge in [0.25, 0.3) is 0 Å². The zero-order chi connectivity index (χ0) is 13.5. The molecular weight excluding hydrogens is 234 g/mol. The Morgan fingerprint density at radius 3 is 2.56 bits per heavy atom. The van der Waals surface area contributed by atoms with Crippen LogP contribution in [0.5, 0.6) is 0 Å². The van der Waals surface area contributed by atoms with Crippen molar-refractivity contribution in [2.75, 3.05) is 20.1 Å². The van der Waals surface area contributed by atoms with Gasteiger partial charge in [-0.3, -0.25) is 15.0 Å². The summed E-state index contributed by atoms with van der Waals surface area (Å²) in [6.07, 6.45) is 3.76. The van der Waals surface area contributed by atoms with Crippen LogP contribution in [0.15, 0.2) is 0 Å². The van der Waals surface area contributed by atoms with Gasteiger partial charge in [-0.25, -0.2) is 4.79 Å². The highest BCUT2D eigenvalue weighted by Crippen LogP contribution is 2.17. The van der Waals surface area contributed by atoms with Crippen LogP contribution in [-0.2, 0) is 4.79 Å². The van der Waals surface area contributed by atoms with Crippen LogP contribution in [0.1, 0.15) is 32.6 Å². The Labute approximate surface area is 108 Å². The molecule has 1 rings (SSSR count). The van der Waals surface area contributed by atoms with E-state index < -0.39 is 12.1 Å². The van der Waals surface area contributed by atoms with Crippen LogP contribution in [-0.4, -0.2) is 54.2 Å². The monoisotopic (exact) mass is 257 g/mol. The predicted molar refractivity (Wildman–Crippen MR) is 68.1 cm³/mol. The Bertz CT molecular complexity index is 288. The van der Waals surface area contributed by atoms with E-state index in [4.69, 9.17) is 5.11 Å². The minimum Gasteiger partial charge on any atom is -0.392 e. The standard InChI is InChI=1S/C12H23N3O3/c1-9(16)7-15(2)8-11(17)14-12(18)13-10-5-3-4-6-10/h9-10,16H,3-8H2,1-2H3,(H2,13,14,17,18). The quantitative estimate of drug-likeness (QED) is 0.651. The molecular formula is C12H23N3O3. The maximum atomic E-state index is 11.5. The number of aliphatic hydroxyl groups is 1. The fourth-order valence-corrected chi connectivity index (χ4v) is 2.22. The van der Waals surface area contributed by atoms with Gasteiger partial charge in [0.1, 0.15) is 0 Å². The Balaban J connectivity index is 2.20. The Morgan fingerprint density at radius 2 is 2.00 bits per heavy atom. The van der Waals surface area contributed by atoms with Crippen LogP contribution >= 0.6 is 0 Å². The molecule has 0 aromatic rings. The molecule has 0 spiro atoms. The molecule has 1 fully saturated rings. The molecule has 3 amide bonds. The number of nitrogens with zero attached hydrogens (tertiary/aromatic N) is 1. The van der Waals surface area contributed by atoms with Gasteiger partial charge in [-0.15, -0.1) is 0 Å². The minimum atomic E-state index is -0.491. The molecule has 1 saturated carbocycles. The number of nitrogens with one attached hydrogen (secondary N) is 2. The first-order valence-corrected chi connectivity index (χ1v) is 6.44. The molecule has 6 nitrogen and oxygen atoms in total. The molecule has 104 valence electrons. The number of urea groups is 1. The van der Waals surface area contributed by atoms with Crippen LogP contribution in [0.2, 0.25) is 0 Å². The molecule has 18 heavy (non-hydrogen) atoms. The normalized spacial score (nSPS) is 17.8. The van der Waals surface area contributed by atoms with E-state index >= 15 is 0 Å². The van der Waals surface area contributed by atoms with Crippen molar-refractivity contribution in [3.63, 3.8) is 0 Å². The van der Waals surface area contributed by atoms with E-state index in [0.29, 0.717) is 6.54 Å². The summed E-state index contributed by atoms with van der Waals surface area (Å²) >= 11 is 0. The average molecular weight is 257 g/mol. The molecule has 0 aliphatic heterocycles. The van der Waals surface area contributed by atoms with Gasteiger partial charge >= 0.3 is 6.03 Å². The van der Waals surface area contributed by atoms with E-state index in [1.807, 2.05) is 0 Å². The van der Waals surface area contributed by atoms with Gasteiger partial charge < -0.3 is 10.4 Å². The van der Waals surface area contributed by atoms with Gasteiger partial charge in [-0.1, -0.05) is 12.8 Å². The van der Waals surface area contributed by atoms with Crippen molar-refractivity contribution in [2.45, 2.75) is 44.8 Å². The van der Waals surface area contributed by atoms with Gasteiger partial charge in [0.2, 0.25) is 5.91 Å². The summed E-state index contributed by atoms with van der Waals surface area (Å²) in [6.45, 7) is 2.15. The maximum absolute atomic E-state index is 11.5. The highest BCUT2D eigenvalue weighted by molar-refractivity contribution is 5.95. The summed E-state index contributed by atoms with van der Waals surface area (Å²) in [4.78, 5) is 24.7. The number of likely N-dealkylation sites (N-methyl/N-ethyl adjacent to an activating group) is 1. The van der Waals surface area contributed by atoms with Crippen molar-refractivity contribution >= 4 is 11.9 Å². The van der Waals surface area contributed by atoms with Crippen molar-refractivity contribution in [3.05, 3.63) is 0 Å². The molecule has 1 aliphatic carbocycles. The Morgan fingerprint density at radius 1 is 1.39 bits per heavy atom. The summed E-state index contributed by atoms with van der Waals surface area (Å²) in [5.41, 5.74) is 0. The first-order chi connectivity index (χ1) is 8.47. The highest BCUT2D eigenvalue weighted by Gasteiger charge is 2.18. The number of amides is 3. The lowest BCUT2D eigenvalue weighted by molar-refractivity contribution is -0.121. The topological polar surface area (TPSA) is 81.7 Å². The molecule has 6 heteroatoms. The van der Waals surface area contributed by atoms with Crippen LogP contribution in [0.4, 0.5) is 4.79 Å². The van der Waals surface area contributed by atoms with Crippen LogP contribution in [0, 0.1) is 0 Å². The molecule has 0 heterocycles. The largest absolute Gasteiger partial charge is 0.392 e. The predicted octanol–water partition coefficient (Wildman–Crippen LogP) is 0.0674. The van der Waals surface area contributed by atoms with Gasteiger partial charge in [0.15, 0.2) is 0 Å². The maximum Gasteiger partial charge on any atom is 0.321 e. The Kier molecular flexibility index (Phi) is 6.07. The number of rotatable bonds is 5. The fraction of sp³-hybridized carbons (Fsp3) is 0.833. The summed E-state index contributed by atoms with van der Waals surface area (Å²) in [5, 5.41) is 14.2. The molecule has 1 unspecified atom stereocenters. The third-order valence-electron chi connectivity index (χ3n) is 2.93. The zero-order valence-electron chi connectivity index (χ0n) is 11.1. The number of imide groups is 1. The van der Waals surface area contributed by atoms with E-state index in [1.54, 1.807) is 18.9 Å². The lowest BCUT2D eigenvalue weighted by atomic mass is 10.2. The lowest BCUT2D eigenvalue weighted by Crippen LogP contribution is -2.47. The summed E-state index contributed by atoms with van der Waals surface area (Å²) in [6, 6.07) is -0.217. The van der Waals surface area contributed by atoms with Gasteiger partial charge in [0, 0.05) is 12.6 Å². The molecule has 1 aliphatic rings. The molecule has 1 atom stereocenters. The average Bonchev–Trinajstić information content (AvgIpc) is 2.67. The lowest BCUT2D eigenvalue weighted by Gasteiger charge is -2.18. The van der Waals surface area contributed by atoms with Crippen LogP contribution in [0.25, 0.3) is 0 Å². The molecule has 0 saturated heterocycles. The SMILES string of the molecule is CC(O)CN(C)CC(=O)NC(=O)NC1CCCC1. The van der Waals surface area contributed by atoms with Crippen molar-refractivity contribution in [3.8, 4) is 0 Å². The van der Waals surface area contributed by atoms with E-state index in [1.165, 1.54) is 0 Å². The highest BCUT2D eigenvalue weighted by atomic mass is 16.3. The summed E-state index contributed by atoms with van der Waals surface area (Å²) in [7, 11) is 1.72. The summed E-state index contributed by atoms with van der Waals surface area (Å²) < 4.78 is 0. The third-order valence-corrected chi connectivity index (χ3v) is 2.93. The third kappa shape index (κ3) is 5.97. The van der Waals surface area contributed by atoms with E-state index in [2.05, 4.69) is 10.6 Å². The van der Waals surface area contributed by atoms with E-state index in [0.717, 1.165) is 25.7 Å². The van der Waals surface area contributed by atoms with E-state index in [-0.39, 0.29) is 18.5 Å². The van der Waals surface area contributed by atoms with Crippen molar-refractivity contribution < 1.29 is 14.7 Å². The van der Waals surface area contributed by atoms with Crippen LogP contribution in [0.3, 0.4) is 0 Å². The number of carbonyl (C=O) groups excluding carboxylic acids is 2. The zero-order valence-corrected chi connectivity index (χ0v) is 11.1. The van der Waals surface area contributed by atoms with Gasteiger partial charge in [-0.2, -0.15) is 0 Å². The molecule has 0 radical (unpaired) electrons. The molecule has 3 N–H and O–H groups in total. The Hall–Kier alpha value is -1.14. The number of aliphatic hydroxyl groups excluding tert-OH is 1. The molecule has 0 aromatic carbocycles. The molecule has 0 bridgehead atoms. The minimum absolute atomic E-state index is 0.100. The van der Waals surface area contributed by atoms with Gasteiger partial charge in [0.05, 0.1) is 12.6 Å². The smallest absolute Gasteiger partial charge is 0.321 e. The second-order valence-electron chi connectivity index (χ2n) is 5.05. The van der Waals surface area contributed by atoms with Crippen molar-refractivity contribution in [2.24, 2.45) is 0 Å². The number of hydrogen-bond acceptors (Lipinski definition) is 4. The fourth-order valence-electron chi connectivity index (χ4n) is 2.22. The van der Waals surface area contributed by atoms with Crippen LogP contribution < -0.4 is 10.6 Å². The summed E-state index contributed by atoms with van der Waals surface area (Å²) in [5.74, 6) is -0.353. The number of carbonyl (C=O) groups is 2.